The molecular formula is C9H15NO. The van der Waals surface area contributed by atoms with Crippen molar-refractivity contribution in [3.8, 4) is 0 Å². The molecule has 1 saturated carbocycles. The van der Waals surface area contributed by atoms with Crippen molar-refractivity contribution in [2.24, 2.45) is 5.41 Å². The van der Waals surface area contributed by atoms with Crippen LogP contribution in [0.5, 0.6) is 0 Å². The van der Waals surface area contributed by atoms with Crippen LogP contribution in [-0.2, 0) is 4.79 Å². The third-order valence-corrected chi connectivity index (χ3v) is 2.12. The number of allylic oxidation sites excluding steroid dienone is 1. The van der Waals surface area contributed by atoms with Gasteiger partial charge in [-0.2, -0.15) is 0 Å². The minimum Gasteiger partial charge on any atom is -0.383 e. The Morgan fingerprint density at radius 2 is 2.00 bits per heavy atom. The van der Waals surface area contributed by atoms with Crippen molar-refractivity contribution in [1.29, 1.82) is 0 Å². The van der Waals surface area contributed by atoms with Crippen molar-refractivity contribution in [3.63, 3.8) is 0 Å². The van der Waals surface area contributed by atoms with E-state index in [1.807, 2.05) is 32.1 Å². The highest BCUT2D eigenvalue weighted by molar-refractivity contribution is 5.96. The highest BCUT2D eigenvalue weighted by Gasteiger charge is 2.43. The zero-order valence-electron chi connectivity index (χ0n) is 7.42. The Kier molecular flexibility index (Phi) is 2.03. The van der Waals surface area contributed by atoms with Crippen molar-refractivity contribution in [2.75, 3.05) is 14.1 Å². The van der Waals surface area contributed by atoms with Gasteiger partial charge in [-0.3, -0.25) is 4.79 Å². The topological polar surface area (TPSA) is 20.3 Å². The third-order valence-electron chi connectivity index (χ3n) is 2.12. The van der Waals surface area contributed by atoms with Crippen LogP contribution in [0.1, 0.15) is 19.8 Å². The van der Waals surface area contributed by atoms with Gasteiger partial charge in [0.25, 0.3) is 0 Å². The first-order valence-electron chi connectivity index (χ1n) is 3.94. The molecule has 0 atom stereocenters. The summed E-state index contributed by atoms with van der Waals surface area (Å²) in [6.45, 7) is 2.02. The van der Waals surface area contributed by atoms with E-state index in [1.165, 1.54) is 0 Å². The zero-order valence-corrected chi connectivity index (χ0v) is 7.42. The van der Waals surface area contributed by atoms with E-state index in [9.17, 15) is 4.79 Å². The number of carbonyl (C=O) groups excluding carboxylic acids is 1. The van der Waals surface area contributed by atoms with Gasteiger partial charge in [-0.05, 0) is 18.9 Å². The molecule has 0 aromatic rings. The second kappa shape index (κ2) is 2.68. The Labute approximate surface area is 67.9 Å². The van der Waals surface area contributed by atoms with Crippen molar-refractivity contribution in [3.05, 3.63) is 12.3 Å². The van der Waals surface area contributed by atoms with Crippen LogP contribution in [0, 0.1) is 5.41 Å². The summed E-state index contributed by atoms with van der Waals surface area (Å²) in [5, 5.41) is 0. The van der Waals surface area contributed by atoms with E-state index >= 15 is 0 Å². The molecule has 0 radical (unpaired) electrons. The fraction of sp³-hybridized carbons (Fsp3) is 0.667. The van der Waals surface area contributed by atoms with Gasteiger partial charge in [0.1, 0.15) is 0 Å². The molecule has 2 nitrogen and oxygen atoms in total. The van der Waals surface area contributed by atoms with Gasteiger partial charge >= 0.3 is 0 Å². The van der Waals surface area contributed by atoms with Gasteiger partial charge in [0.05, 0.1) is 0 Å². The second-order valence-electron chi connectivity index (χ2n) is 3.70. The molecular weight excluding hydrogens is 138 g/mol. The summed E-state index contributed by atoms with van der Waals surface area (Å²) >= 11 is 0. The van der Waals surface area contributed by atoms with Crippen LogP contribution in [0.2, 0.25) is 0 Å². The van der Waals surface area contributed by atoms with Crippen molar-refractivity contribution in [1.82, 2.24) is 4.90 Å². The van der Waals surface area contributed by atoms with Gasteiger partial charge in [0, 0.05) is 25.7 Å². The van der Waals surface area contributed by atoms with E-state index in [-0.39, 0.29) is 11.2 Å². The quantitative estimate of drug-likeness (QED) is 0.572. The summed E-state index contributed by atoms with van der Waals surface area (Å²) in [6, 6.07) is 0. The molecule has 0 aliphatic heterocycles. The number of hydrogen-bond acceptors (Lipinski definition) is 2. The first-order chi connectivity index (χ1) is 5.04. The molecule has 1 aliphatic rings. The maximum absolute atomic E-state index is 11.3. The van der Waals surface area contributed by atoms with E-state index < -0.39 is 0 Å². The third kappa shape index (κ3) is 2.07. The molecule has 0 heterocycles. The Bertz CT molecular complexity index is 190. The molecule has 0 saturated heterocycles. The molecule has 0 amide bonds. The van der Waals surface area contributed by atoms with Gasteiger partial charge in [0.2, 0.25) is 0 Å². The molecule has 62 valence electrons. The lowest BCUT2D eigenvalue weighted by Gasteiger charge is -2.05. The normalized spacial score (nSPS) is 20.3. The molecule has 0 bridgehead atoms. The maximum atomic E-state index is 11.3. The Morgan fingerprint density at radius 1 is 1.45 bits per heavy atom. The number of rotatable bonds is 3. The van der Waals surface area contributed by atoms with Crippen molar-refractivity contribution < 1.29 is 4.79 Å². The Balaban J connectivity index is 2.44. The summed E-state index contributed by atoms with van der Waals surface area (Å²) in [5.41, 5.74) is -0.00743. The van der Waals surface area contributed by atoms with Crippen LogP contribution in [0.15, 0.2) is 12.3 Å². The predicted molar refractivity (Wildman–Crippen MR) is 45.2 cm³/mol. The molecule has 0 aromatic heterocycles. The fourth-order valence-corrected chi connectivity index (χ4v) is 0.852. The highest BCUT2D eigenvalue weighted by Crippen LogP contribution is 2.45. The molecule has 0 N–H and O–H groups in total. The average molecular weight is 153 g/mol. The Morgan fingerprint density at radius 3 is 2.36 bits per heavy atom. The lowest BCUT2D eigenvalue weighted by Crippen LogP contribution is -2.10. The Hall–Kier alpha value is -0.790. The number of ketones is 1. The van der Waals surface area contributed by atoms with Crippen LogP contribution in [0.4, 0.5) is 0 Å². The first kappa shape index (κ1) is 8.31. The standard InChI is InChI=1S/C9H15NO/c1-9(5-6-9)8(11)4-7-10(2)3/h4,7H,5-6H2,1-3H3/b7-4+. The maximum Gasteiger partial charge on any atom is 0.162 e. The zero-order chi connectivity index (χ0) is 8.48. The van der Waals surface area contributed by atoms with Crippen LogP contribution >= 0.6 is 0 Å². The van der Waals surface area contributed by atoms with Gasteiger partial charge in [0.15, 0.2) is 5.78 Å². The first-order valence-corrected chi connectivity index (χ1v) is 3.94. The summed E-state index contributed by atoms with van der Waals surface area (Å²) in [5.74, 6) is 0.270. The minimum absolute atomic E-state index is 0.00743. The summed E-state index contributed by atoms with van der Waals surface area (Å²) < 4.78 is 0. The second-order valence-corrected chi connectivity index (χ2v) is 3.70. The largest absolute Gasteiger partial charge is 0.383 e. The van der Waals surface area contributed by atoms with E-state index in [4.69, 9.17) is 0 Å². The van der Waals surface area contributed by atoms with Crippen molar-refractivity contribution in [2.45, 2.75) is 19.8 Å². The lowest BCUT2D eigenvalue weighted by molar-refractivity contribution is -0.118. The molecule has 1 fully saturated rings. The van der Waals surface area contributed by atoms with Crippen molar-refractivity contribution >= 4 is 5.78 Å². The van der Waals surface area contributed by atoms with E-state index in [0.29, 0.717) is 0 Å². The highest BCUT2D eigenvalue weighted by atomic mass is 16.1. The number of hydrogen-bond donors (Lipinski definition) is 0. The SMILES string of the molecule is CN(C)/C=C/C(=O)C1(C)CC1. The molecule has 1 aliphatic carbocycles. The lowest BCUT2D eigenvalue weighted by atomic mass is 10.0. The predicted octanol–water partition coefficient (Wildman–Crippen LogP) is 1.43. The van der Waals surface area contributed by atoms with E-state index in [2.05, 4.69) is 0 Å². The van der Waals surface area contributed by atoms with E-state index in [0.717, 1.165) is 12.8 Å². The summed E-state index contributed by atoms with van der Waals surface area (Å²) in [6.07, 6.45) is 5.60. The number of nitrogens with zero attached hydrogens (tertiary/aromatic N) is 1. The molecule has 1 rings (SSSR count). The molecule has 0 aromatic carbocycles. The summed E-state index contributed by atoms with van der Waals surface area (Å²) in [7, 11) is 3.83. The minimum atomic E-state index is -0.00743. The van der Waals surface area contributed by atoms with Crippen LogP contribution in [0.3, 0.4) is 0 Å². The summed E-state index contributed by atoms with van der Waals surface area (Å²) in [4.78, 5) is 13.2. The number of carbonyl (C=O) groups is 1. The molecule has 0 spiro atoms. The van der Waals surface area contributed by atoms with Gasteiger partial charge in [-0.1, -0.05) is 6.92 Å². The van der Waals surface area contributed by atoms with E-state index in [1.54, 1.807) is 6.08 Å². The average Bonchev–Trinajstić information content (AvgIpc) is 2.64. The smallest absolute Gasteiger partial charge is 0.162 e. The van der Waals surface area contributed by atoms with Crippen LogP contribution in [0.25, 0.3) is 0 Å². The van der Waals surface area contributed by atoms with Gasteiger partial charge in [-0.15, -0.1) is 0 Å². The molecule has 11 heavy (non-hydrogen) atoms. The van der Waals surface area contributed by atoms with Gasteiger partial charge in [-0.25, -0.2) is 0 Å². The van der Waals surface area contributed by atoms with Crippen LogP contribution < -0.4 is 0 Å². The monoisotopic (exact) mass is 153 g/mol. The molecule has 2 heteroatoms. The van der Waals surface area contributed by atoms with Gasteiger partial charge < -0.3 is 4.90 Å². The fourth-order valence-electron chi connectivity index (χ4n) is 0.852. The van der Waals surface area contributed by atoms with Crippen LogP contribution in [-0.4, -0.2) is 24.8 Å². The molecule has 0 unspecified atom stereocenters.